The molecule has 1 atom stereocenters. The zero-order valence-corrected chi connectivity index (χ0v) is 12.0. The van der Waals surface area contributed by atoms with Gasteiger partial charge in [-0.3, -0.25) is 0 Å². The fourth-order valence-corrected chi connectivity index (χ4v) is 1.98. The molecule has 1 aromatic rings. The van der Waals surface area contributed by atoms with Crippen LogP contribution in [0.2, 0.25) is 0 Å². The van der Waals surface area contributed by atoms with Gasteiger partial charge in [-0.25, -0.2) is 0 Å². The number of unbranched alkanes of at least 4 members (excludes halogenated alkanes) is 1. The summed E-state index contributed by atoms with van der Waals surface area (Å²) >= 11 is 0. The molecular weight excluding hydrogens is 226 g/mol. The van der Waals surface area contributed by atoms with E-state index in [0.29, 0.717) is 6.04 Å². The second-order valence-corrected chi connectivity index (χ2v) is 4.46. The number of hydrogen-bond acceptors (Lipinski definition) is 3. The zero-order chi connectivity index (χ0) is 13.4. The second kappa shape index (κ2) is 7.85. The van der Waals surface area contributed by atoms with E-state index in [2.05, 4.69) is 19.2 Å². The Labute approximate surface area is 110 Å². The maximum absolute atomic E-state index is 5.38. The van der Waals surface area contributed by atoms with Crippen molar-refractivity contribution in [3.63, 3.8) is 0 Å². The molecule has 0 bridgehead atoms. The Balaban J connectivity index is 2.78. The molecular formula is C15H25NO2. The van der Waals surface area contributed by atoms with E-state index >= 15 is 0 Å². The van der Waals surface area contributed by atoms with Crippen molar-refractivity contribution in [1.82, 2.24) is 0 Å². The van der Waals surface area contributed by atoms with Crippen LogP contribution in [-0.4, -0.2) is 20.3 Å². The Morgan fingerprint density at radius 3 is 2.50 bits per heavy atom. The van der Waals surface area contributed by atoms with Gasteiger partial charge in [0, 0.05) is 12.1 Å². The summed E-state index contributed by atoms with van der Waals surface area (Å²) in [7, 11) is 3.37. The quantitative estimate of drug-likeness (QED) is 0.755. The smallest absolute Gasteiger partial charge is 0.142 e. The topological polar surface area (TPSA) is 30.5 Å². The van der Waals surface area contributed by atoms with Gasteiger partial charge in [0.2, 0.25) is 0 Å². The highest BCUT2D eigenvalue weighted by Gasteiger charge is 2.10. The van der Waals surface area contributed by atoms with Gasteiger partial charge in [-0.05, 0) is 25.0 Å². The fraction of sp³-hybridized carbons (Fsp3) is 0.600. The van der Waals surface area contributed by atoms with Crippen LogP contribution in [0, 0.1) is 0 Å². The molecule has 0 aromatic heterocycles. The first-order valence-electron chi connectivity index (χ1n) is 6.73. The van der Waals surface area contributed by atoms with Crippen molar-refractivity contribution in [2.45, 2.75) is 45.6 Å². The van der Waals surface area contributed by atoms with Crippen LogP contribution in [0.15, 0.2) is 18.2 Å². The first-order valence-corrected chi connectivity index (χ1v) is 6.73. The molecule has 0 fully saturated rings. The van der Waals surface area contributed by atoms with Gasteiger partial charge in [-0.15, -0.1) is 0 Å². The van der Waals surface area contributed by atoms with Gasteiger partial charge in [-0.1, -0.05) is 26.7 Å². The van der Waals surface area contributed by atoms with Crippen molar-refractivity contribution >= 4 is 5.69 Å². The number of rotatable bonds is 8. The van der Waals surface area contributed by atoms with Crippen LogP contribution < -0.4 is 14.8 Å². The molecule has 102 valence electrons. The maximum Gasteiger partial charge on any atom is 0.142 e. The lowest BCUT2D eigenvalue weighted by molar-refractivity contribution is 0.404. The first kappa shape index (κ1) is 14.7. The van der Waals surface area contributed by atoms with Crippen LogP contribution in [0.25, 0.3) is 0 Å². The normalized spacial score (nSPS) is 12.0. The molecule has 0 aliphatic heterocycles. The van der Waals surface area contributed by atoms with Crippen molar-refractivity contribution in [2.75, 3.05) is 19.5 Å². The Morgan fingerprint density at radius 1 is 1.17 bits per heavy atom. The third kappa shape index (κ3) is 4.13. The first-order chi connectivity index (χ1) is 8.74. The number of nitrogens with one attached hydrogen (secondary N) is 1. The number of methoxy groups -OCH3 is 2. The van der Waals surface area contributed by atoms with E-state index in [1.807, 2.05) is 18.2 Å². The van der Waals surface area contributed by atoms with E-state index in [1.54, 1.807) is 14.2 Å². The molecule has 0 amide bonds. The highest BCUT2D eigenvalue weighted by Crippen LogP contribution is 2.30. The molecule has 0 radical (unpaired) electrons. The molecule has 0 heterocycles. The minimum atomic E-state index is 0.492. The highest BCUT2D eigenvalue weighted by molar-refractivity contribution is 5.60. The summed E-state index contributed by atoms with van der Waals surface area (Å²) < 4.78 is 10.6. The molecule has 0 aliphatic rings. The van der Waals surface area contributed by atoms with E-state index in [0.717, 1.165) is 23.6 Å². The summed E-state index contributed by atoms with van der Waals surface area (Å²) in [6, 6.07) is 6.34. The molecule has 0 aliphatic carbocycles. The maximum atomic E-state index is 5.38. The number of benzene rings is 1. The summed E-state index contributed by atoms with van der Waals surface area (Å²) in [5, 5.41) is 3.55. The lowest BCUT2D eigenvalue weighted by Gasteiger charge is -2.20. The summed E-state index contributed by atoms with van der Waals surface area (Å²) in [6.45, 7) is 4.43. The molecule has 3 heteroatoms. The summed E-state index contributed by atoms with van der Waals surface area (Å²) in [6.07, 6.45) is 4.78. The third-order valence-corrected chi connectivity index (χ3v) is 3.17. The van der Waals surface area contributed by atoms with Gasteiger partial charge < -0.3 is 14.8 Å². The Hall–Kier alpha value is -1.38. The van der Waals surface area contributed by atoms with Crippen LogP contribution in [0.5, 0.6) is 11.5 Å². The molecule has 0 saturated heterocycles. The molecule has 0 saturated carbocycles. The second-order valence-electron chi connectivity index (χ2n) is 4.46. The molecule has 1 unspecified atom stereocenters. The minimum absolute atomic E-state index is 0.492. The van der Waals surface area contributed by atoms with Crippen molar-refractivity contribution < 1.29 is 9.47 Å². The monoisotopic (exact) mass is 251 g/mol. The van der Waals surface area contributed by atoms with Crippen LogP contribution in [-0.2, 0) is 0 Å². The van der Waals surface area contributed by atoms with E-state index in [9.17, 15) is 0 Å². The third-order valence-electron chi connectivity index (χ3n) is 3.17. The molecule has 1 N–H and O–H groups in total. The standard InChI is InChI=1S/C15H25NO2/c1-5-7-8-12(6-2)16-14-11-13(17-3)9-10-15(14)18-4/h9-12,16H,5-8H2,1-4H3. The van der Waals surface area contributed by atoms with Crippen molar-refractivity contribution in [2.24, 2.45) is 0 Å². The average molecular weight is 251 g/mol. The van der Waals surface area contributed by atoms with Gasteiger partial charge in [-0.2, -0.15) is 0 Å². The van der Waals surface area contributed by atoms with Crippen LogP contribution in [0.1, 0.15) is 39.5 Å². The van der Waals surface area contributed by atoms with Crippen molar-refractivity contribution in [1.29, 1.82) is 0 Å². The van der Waals surface area contributed by atoms with Gasteiger partial charge in [0.05, 0.1) is 19.9 Å². The predicted molar refractivity (Wildman–Crippen MR) is 76.8 cm³/mol. The highest BCUT2D eigenvalue weighted by atomic mass is 16.5. The van der Waals surface area contributed by atoms with Gasteiger partial charge in [0.1, 0.15) is 11.5 Å². The van der Waals surface area contributed by atoms with E-state index in [-0.39, 0.29) is 0 Å². The average Bonchev–Trinajstić information content (AvgIpc) is 2.43. The van der Waals surface area contributed by atoms with Gasteiger partial charge in [0.25, 0.3) is 0 Å². The molecule has 1 rings (SSSR count). The molecule has 3 nitrogen and oxygen atoms in total. The Kier molecular flexibility index (Phi) is 6.40. The van der Waals surface area contributed by atoms with Crippen molar-refractivity contribution in [3.05, 3.63) is 18.2 Å². The van der Waals surface area contributed by atoms with E-state index < -0.39 is 0 Å². The summed E-state index contributed by atoms with van der Waals surface area (Å²) in [4.78, 5) is 0. The fourth-order valence-electron chi connectivity index (χ4n) is 1.98. The lowest BCUT2D eigenvalue weighted by atomic mass is 10.1. The number of hydrogen-bond donors (Lipinski definition) is 1. The minimum Gasteiger partial charge on any atom is -0.497 e. The summed E-state index contributed by atoms with van der Waals surface area (Å²) in [5.74, 6) is 1.72. The Bertz CT molecular complexity index is 352. The van der Waals surface area contributed by atoms with Crippen LogP contribution in [0.3, 0.4) is 0 Å². The van der Waals surface area contributed by atoms with Crippen LogP contribution >= 0.6 is 0 Å². The lowest BCUT2D eigenvalue weighted by Crippen LogP contribution is -2.18. The SMILES string of the molecule is CCCCC(CC)Nc1cc(OC)ccc1OC. The van der Waals surface area contributed by atoms with Crippen LogP contribution in [0.4, 0.5) is 5.69 Å². The zero-order valence-electron chi connectivity index (χ0n) is 12.0. The molecule has 18 heavy (non-hydrogen) atoms. The molecule has 0 spiro atoms. The molecule has 1 aromatic carbocycles. The number of ether oxygens (including phenoxy) is 2. The Morgan fingerprint density at radius 2 is 1.94 bits per heavy atom. The summed E-state index contributed by atoms with van der Waals surface area (Å²) in [5.41, 5.74) is 1.01. The van der Waals surface area contributed by atoms with Gasteiger partial charge in [0.15, 0.2) is 0 Å². The number of anilines is 1. The van der Waals surface area contributed by atoms with E-state index in [1.165, 1.54) is 19.3 Å². The predicted octanol–water partition coefficient (Wildman–Crippen LogP) is 4.08. The van der Waals surface area contributed by atoms with Gasteiger partial charge >= 0.3 is 0 Å². The largest absolute Gasteiger partial charge is 0.497 e. The van der Waals surface area contributed by atoms with Crippen molar-refractivity contribution in [3.8, 4) is 11.5 Å². The van der Waals surface area contributed by atoms with E-state index in [4.69, 9.17) is 9.47 Å².